The second-order valence-corrected chi connectivity index (χ2v) is 11.0. The van der Waals surface area contributed by atoms with Crippen LogP contribution in [0.5, 0.6) is 0 Å². The van der Waals surface area contributed by atoms with E-state index in [4.69, 9.17) is 0 Å². The van der Waals surface area contributed by atoms with Crippen LogP contribution in [0.25, 0.3) is 0 Å². The van der Waals surface area contributed by atoms with Crippen molar-refractivity contribution < 1.29 is 16.8 Å². The van der Waals surface area contributed by atoms with Gasteiger partial charge in [0.25, 0.3) is 0 Å². The van der Waals surface area contributed by atoms with Crippen molar-refractivity contribution >= 4 is 39.3 Å². The summed E-state index contributed by atoms with van der Waals surface area (Å²) in [5.41, 5.74) is 0. The van der Waals surface area contributed by atoms with Crippen LogP contribution in [-0.4, -0.2) is 34.4 Å². The summed E-state index contributed by atoms with van der Waals surface area (Å²) in [4.78, 5) is 0. The zero-order valence-corrected chi connectivity index (χ0v) is 9.24. The molecule has 0 saturated heterocycles. The van der Waals surface area contributed by atoms with Crippen molar-refractivity contribution in [1.82, 2.24) is 0 Å². The van der Waals surface area contributed by atoms with E-state index in [1.54, 1.807) is 0 Å². The lowest BCUT2D eigenvalue weighted by Crippen LogP contribution is -1.92. The van der Waals surface area contributed by atoms with Gasteiger partial charge in [0.2, 0.25) is 0 Å². The van der Waals surface area contributed by atoms with Gasteiger partial charge < -0.3 is 0 Å². The van der Waals surface area contributed by atoms with Crippen LogP contribution in [0.1, 0.15) is 0 Å². The van der Waals surface area contributed by atoms with Crippen LogP contribution in [-0.2, 0) is 17.7 Å². The zero-order valence-electron chi connectivity index (χ0n) is 5.97. The Hall–Kier alpha value is 0.600. The van der Waals surface area contributed by atoms with Crippen molar-refractivity contribution in [3.05, 3.63) is 0 Å². The first kappa shape index (κ1) is 11.6. The normalized spacial score (nSPS) is 13.3. The Balaban J connectivity index is 3.79. The molecule has 0 aliphatic rings. The Kier molecular flexibility index (Phi) is 4.23. The fourth-order valence-corrected chi connectivity index (χ4v) is 6.31. The van der Waals surface area contributed by atoms with Gasteiger partial charge in [-0.1, -0.05) is 0 Å². The Labute approximate surface area is 73.8 Å². The molecule has 8 heteroatoms. The average molecular weight is 236 g/mol. The Morgan fingerprint density at radius 3 is 1.36 bits per heavy atom. The van der Waals surface area contributed by atoms with Crippen LogP contribution in [0.3, 0.4) is 0 Å². The van der Waals surface area contributed by atoms with E-state index in [9.17, 15) is 16.8 Å². The Morgan fingerprint density at radius 1 is 0.909 bits per heavy atom. The summed E-state index contributed by atoms with van der Waals surface area (Å²) in [6.07, 6.45) is 2.08. The predicted molar refractivity (Wildman–Crippen MR) is 49.7 cm³/mol. The lowest BCUT2D eigenvalue weighted by Gasteiger charge is -1.95. The standard InChI is InChI=1S/C3H8O4S4/c1-10(4,5)8-3-9-11(2,6)7/h3H2,1-2H3. The fourth-order valence-electron chi connectivity index (χ4n) is 0.194. The van der Waals surface area contributed by atoms with Crippen LogP contribution in [0.4, 0.5) is 0 Å². The highest BCUT2D eigenvalue weighted by atomic mass is 33.2. The van der Waals surface area contributed by atoms with E-state index in [1.165, 1.54) is 0 Å². The molecule has 68 valence electrons. The van der Waals surface area contributed by atoms with Crippen LogP contribution in [0.15, 0.2) is 0 Å². The summed E-state index contributed by atoms with van der Waals surface area (Å²) in [5, 5.41) is 0.0255. The van der Waals surface area contributed by atoms with Gasteiger partial charge in [-0.2, -0.15) is 0 Å². The van der Waals surface area contributed by atoms with E-state index in [1.807, 2.05) is 0 Å². The third-order valence-corrected chi connectivity index (χ3v) is 6.45. The van der Waals surface area contributed by atoms with E-state index < -0.39 is 17.7 Å². The molecule has 0 unspecified atom stereocenters. The summed E-state index contributed by atoms with van der Waals surface area (Å²) in [6.45, 7) is 0. The smallest absolute Gasteiger partial charge is 0.199 e. The number of hydrogen-bond donors (Lipinski definition) is 0. The van der Waals surface area contributed by atoms with Gasteiger partial charge in [0.15, 0.2) is 17.7 Å². The van der Waals surface area contributed by atoms with Crippen molar-refractivity contribution in [3.63, 3.8) is 0 Å². The highest BCUT2D eigenvalue weighted by Gasteiger charge is 2.07. The zero-order chi connectivity index (χ0) is 9.12. The highest BCUT2D eigenvalue weighted by Crippen LogP contribution is 2.20. The Bertz CT molecular complexity index is 266. The maximum atomic E-state index is 10.5. The van der Waals surface area contributed by atoms with Gasteiger partial charge in [-0.3, -0.25) is 0 Å². The third kappa shape index (κ3) is 10.6. The van der Waals surface area contributed by atoms with Gasteiger partial charge in [0, 0.05) is 12.5 Å². The van der Waals surface area contributed by atoms with Crippen LogP contribution < -0.4 is 0 Å². The first-order valence-electron chi connectivity index (χ1n) is 2.39. The maximum Gasteiger partial charge on any atom is 0.199 e. The number of hydrogen-bond acceptors (Lipinski definition) is 6. The lowest BCUT2D eigenvalue weighted by molar-refractivity contribution is 0.614. The molecule has 11 heavy (non-hydrogen) atoms. The van der Waals surface area contributed by atoms with Crippen molar-refractivity contribution in [2.75, 3.05) is 17.6 Å². The van der Waals surface area contributed by atoms with Gasteiger partial charge in [0.05, 0.1) is 5.08 Å². The second-order valence-electron chi connectivity index (χ2n) is 1.76. The number of rotatable bonds is 4. The molecule has 0 atom stereocenters. The van der Waals surface area contributed by atoms with Gasteiger partial charge in [-0.25, -0.2) is 16.8 Å². The minimum Gasteiger partial charge on any atom is -0.218 e. The summed E-state index contributed by atoms with van der Waals surface area (Å²) < 4.78 is 41.9. The molecule has 0 N–H and O–H groups in total. The molecule has 0 heterocycles. The molecule has 0 amide bonds. The second kappa shape index (κ2) is 4.01. The molecule has 0 aromatic carbocycles. The van der Waals surface area contributed by atoms with Gasteiger partial charge in [-0.15, -0.1) is 0 Å². The van der Waals surface area contributed by atoms with E-state index in [2.05, 4.69) is 0 Å². The third-order valence-electron chi connectivity index (χ3n) is 0.524. The minimum atomic E-state index is -3.12. The summed E-state index contributed by atoms with van der Waals surface area (Å²) in [6, 6.07) is 0. The van der Waals surface area contributed by atoms with Crippen molar-refractivity contribution in [3.8, 4) is 0 Å². The van der Waals surface area contributed by atoms with E-state index in [-0.39, 0.29) is 5.08 Å². The molecule has 0 rings (SSSR count). The first-order chi connectivity index (χ1) is 4.71. The molecule has 0 aromatic rings. The topological polar surface area (TPSA) is 68.3 Å². The maximum absolute atomic E-state index is 10.5. The summed E-state index contributed by atoms with van der Waals surface area (Å²) in [7, 11) is -5.00. The quantitative estimate of drug-likeness (QED) is 0.517. The molecule has 0 spiro atoms. The highest BCUT2D eigenvalue weighted by molar-refractivity contribution is 8.80. The van der Waals surface area contributed by atoms with Gasteiger partial charge >= 0.3 is 0 Å². The SMILES string of the molecule is CS(=O)(=O)SCSS(C)(=O)=O. The molecule has 0 aromatic heterocycles. The summed E-state index contributed by atoms with van der Waals surface area (Å²) in [5.74, 6) is 0. The van der Waals surface area contributed by atoms with E-state index in [0.29, 0.717) is 21.6 Å². The fraction of sp³-hybridized carbons (Fsp3) is 1.00. The van der Waals surface area contributed by atoms with Crippen LogP contribution >= 0.6 is 21.6 Å². The largest absolute Gasteiger partial charge is 0.218 e. The van der Waals surface area contributed by atoms with E-state index >= 15 is 0 Å². The predicted octanol–water partition coefficient (Wildman–Crippen LogP) is 0.330. The molecule has 0 saturated carbocycles. The summed E-state index contributed by atoms with van der Waals surface area (Å²) >= 11 is 0. The van der Waals surface area contributed by atoms with Crippen molar-refractivity contribution in [2.45, 2.75) is 0 Å². The van der Waals surface area contributed by atoms with Crippen molar-refractivity contribution in [2.24, 2.45) is 0 Å². The Morgan fingerprint density at radius 2 is 1.18 bits per heavy atom. The molecular formula is C3H8O4S4. The molecular weight excluding hydrogens is 228 g/mol. The molecule has 0 aliphatic carbocycles. The van der Waals surface area contributed by atoms with Crippen LogP contribution in [0, 0.1) is 0 Å². The first-order valence-corrected chi connectivity index (χ1v) is 9.18. The minimum absolute atomic E-state index is 0.0255. The molecule has 0 radical (unpaired) electrons. The molecule has 4 nitrogen and oxygen atoms in total. The molecule has 0 fully saturated rings. The van der Waals surface area contributed by atoms with Crippen molar-refractivity contribution in [1.29, 1.82) is 0 Å². The van der Waals surface area contributed by atoms with Gasteiger partial charge in [0.1, 0.15) is 0 Å². The van der Waals surface area contributed by atoms with Crippen LogP contribution in [0.2, 0.25) is 0 Å². The molecule has 0 aliphatic heterocycles. The molecule has 0 bridgehead atoms. The van der Waals surface area contributed by atoms with E-state index in [0.717, 1.165) is 12.5 Å². The van der Waals surface area contributed by atoms with Gasteiger partial charge in [-0.05, 0) is 21.6 Å². The average Bonchev–Trinajstić information content (AvgIpc) is 1.55. The monoisotopic (exact) mass is 236 g/mol. The lowest BCUT2D eigenvalue weighted by atomic mass is 11.9.